The van der Waals surface area contributed by atoms with E-state index in [1.54, 1.807) is 12.1 Å². The number of fused-ring (bicyclic) bond motifs is 1. The molecular formula is C16H14N2O3S. The summed E-state index contributed by atoms with van der Waals surface area (Å²) in [5.74, 6) is -0.237. The number of aliphatic hydroxyl groups is 1. The Kier molecular flexibility index (Phi) is 4.04. The fourth-order valence-corrected chi connectivity index (χ4v) is 3.12. The van der Waals surface area contributed by atoms with E-state index in [-0.39, 0.29) is 18.0 Å². The summed E-state index contributed by atoms with van der Waals surface area (Å²) in [6.07, 6.45) is -0.952. The summed E-state index contributed by atoms with van der Waals surface area (Å²) in [7, 11) is 0. The van der Waals surface area contributed by atoms with Crippen LogP contribution in [-0.4, -0.2) is 22.5 Å². The van der Waals surface area contributed by atoms with Crippen LogP contribution >= 0.6 is 11.3 Å². The van der Waals surface area contributed by atoms with Crippen LogP contribution in [0.3, 0.4) is 0 Å². The zero-order valence-electron chi connectivity index (χ0n) is 11.6. The number of H-pyrrole nitrogens is 1. The quantitative estimate of drug-likeness (QED) is 0.689. The number of aromatic nitrogens is 1. The van der Waals surface area contributed by atoms with E-state index in [2.05, 4.69) is 10.3 Å². The van der Waals surface area contributed by atoms with Gasteiger partial charge in [0, 0.05) is 23.0 Å². The van der Waals surface area contributed by atoms with Crippen molar-refractivity contribution in [2.75, 3.05) is 6.54 Å². The van der Waals surface area contributed by atoms with E-state index in [0.717, 1.165) is 10.1 Å². The SMILES string of the molecule is O=C(NCC(O)c1cccc(=O)[nH]1)c1cc2ccccc2s1. The van der Waals surface area contributed by atoms with E-state index in [1.165, 1.54) is 17.4 Å². The molecule has 0 fully saturated rings. The number of carbonyl (C=O) groups is 1. The third-order valence-electron chi connectivity index (χ3n) is 3.26. The van der Waals surface area contributed by atoms with Gasteiger partial charge in [0.1, 0.15) is 6.10 Å². The first kappa shape index (κ1) is 14.5. The van der Waals surface area contributed by atoms with Crippen molar-refractivity contribution in [3.63, 3.8) is 0 Å². The highest BCUT2D eigenvalue weighted by molar-refractivity contribution is 7.20. The summed E-state index contributed by atoms with van der Waals surface area (Å²) in [5.41, 5.74) is 0.0940. The highest BCUT2D eigenvalue weighted by Gasteiger charge is 2.13. The normalized spacial score (nSPS) is 12.2. The smallest absolute Gasteiger partial charge is 0.261 e. The van der Waals surface area contributed by atoms with E-state index < -0.39 is 6.10 Å². The average molecular weight is 314 g/mol. The largest absolute Gasteiger partial charge is 0.385 e. The van der Waals surface area contributed by atoms with Gasteiger partial charge in [0.25, 0.3) is 5.91 Å². The molecule has 0 bridgehead atoms. The van der Waals surface area contributed by atoms with Gasteiger partial charge in [0.05, 0.1) is 4.88 Å². The third kappa shape index (κ3) is 3.08. The van der Waals surface area contributed by atoms with Crippen LogP contribution in [0, 0.1) is 0 Å². The molecule has 112 valence electrons. The van der Waals surface area contributed by atoms with Gasteiger partial charge in [0.15, 0.2) is 0 Å². The molecule has 3 rings (SSSR count). The van der Waals surface area contributed by atoms with Crippen molar-refractivity contribution in [1.82, 2.24) is 10.3 Å². The zero-order valence-corrected chi connectivity index (χ0v) is 12.4. The van der Waals surface area contributed by atoms with Crippen molar-refractivity contribution in [2.45, 2.75) is 6.10 Å². The number of rotatable bonds is 4. The van der Waals surface area contributed by atoms with Gasteiger partial charge in [-0.1, -0.05) is 24.3 Å². The molecule has 2 aromatic heterocycles. The number of aromatic amines is 1. The molecule has 3 N–H and O–H groups in total. The minimum absolute atomic E-state index is 0.0348. The molecule has 1 unspecified atom stereocenters. The zero-order chi connectivity index (χ0) is 15.5. The molecule has 6 heteroatoms. The van der Waals surface area contributed by atoms with Gasteiger partial charge in [-0.15, -0.1) is 11.3 Å². The minimum Gasteiger partial charge on any atom is -0.385 e. The van der Waals surface area contributed by atoms with Crippen molar-refractivity contribution < 1.29 is 9.90 Å². The standard InChI is InChI=1S/C16H14N2O3S/c19-12(11-5-3-7-15(20)18-11)9-17-16(21)14-8-10-4-1-2-6-13(10)22-14/h1-8,12,19H,9H2,(H,17,21)(H,18,20). The van der Waals surface area contributed by atoms with E-state index in [4.69, 9.17) is 0 Å². The lowest BCUT2D eigenvalue weighted by Gasteiger charge is -2.11. The lowest BCUT2D eigenvalue weighted by atomic mass is 10.2. The second-order valence-corrected chi connectivity index (χ2v) is 5.93. The monoisotopic (exact) mass is 314 g/mol. The summed E-state index contributed by atoms with van der Waals surface area (Å²) in [6.45, 7) is 0.0348. The number of pyridine rings is 1. The number of hydrogen-bond donors (Lipinski definition) is 3. The number of thiophene rings is 1. The maximum Gasteiger partial charge on any atom is 0.261 e. The topological polar surface area (TPSA) is 82.2 Å². The van der Waals surface area contributed by atoms with Crippen LogP contribution in [0.1, 0.15) is 21.5 Å². The molecule has 1 aromatic carbocycles. The predicted octanol–water partition coefficient (Wildman–Crippen LogP) is 2.05. The number of hydrogen-bond acceptors (Lipinski definition) is 4. The Balaban J connectivity index is 1.68. The van der Waals surface area contributed by atoms with Gasteiger partial charge in [-0.05, 0) is 23.6 Å². The van der Waals surface area contributed by atoms with Crippen molar-refractivity contribution in [3.05, 3.63) is 69.5 Å². The van der Waals surface area contributed by atoms with Crippen LogP contribution in [-0.2, 0) is 0 Å². The Hall–Kier alpha value is -2.44. The Morgan fingerprint density at radius 2 is 2.05 bits per heavy atom. The van der Waals surface area contributed by atoms with Crippen LogP contribution < -0.4 is 10.9 Å². The molecule has 0 radical (unpaired) electrons. The Morgan fingerprint density at radius 1 is 1.23 bits per heavy atom. The van der Waals surface area contributed by atoms with Crippen molar-refractivity contribution >= 4 is 27.3 Å². The molecule has 0 saturated carbocycles. The fraction of sp³-hybridized carbons (Fsp3) is 0.125. The van der Waals surface area contributed by atoms with Gasteiger partial charge in [0.2, 0.25) is 5.56 Å². The van der Waals surface area contributed by atoms with Crippen LogP contribution in [0.25, 0.3) is 10.1 Å². The second kappa shape index (κ2) is 6.13. The summed E-state index contributed by atoms with van der Waals surface area (Å²) >= 11 is 1.40. The van der Waals surface area contributed by atoms with Gasteiger partial charge >= 0.3 is 0 Å². The summed E-state index contributed by atoms with van der Waals surface area (Å²) in [5, 5.41) is 13.7. The van der Waals surface area contributed by atoms with Crippen LogP contribution in [0.15, 0.2) is 53.3 Å². The number of benzene rings is 1. The van der Waals surface area contributed by atoms with Gasteiger partial charge in [-0.2, -0.15) is 0 Å². The van der Waals surface area contributed by atoms with E-state index in [1.807, 2.05) is 30.3 Å². The van der Waals surface area contributed by atoms with Gasteiger partial charge < -0.3 is 15.4 Å². The highest BCUT2D eigenvalue weighted by Crippen LogP contribution is 2.25. The predicted molar refractivity (Wildman–Crippen MR) is 86.2 cm³/mol. The first-order valence-corrected chi connectivity index (χ1v) is 7.59. The molecule has 0 spiro atoms. The molecule has 0 aliphatic rings. The van der Waals surface area contributed by atoms with Gasteiger partial charge in [-0.3, -0.25) is 9.59 Å². The number of nitrogens with one attached hydrogen (secondary N) is 2. The first-order chi connectivity index (χ1) is 10.6. The molecule has 5 nitrogen and oxygen atoms in total. The molecule has 0 aliphatic heterocycles. The van der Waals surface area contributed by atoms with E-state index in [9.17, 15) is 14.7 Å². The molecule has 22 heavy (non-hydrogen) atoms. The van der Waals surface area contributed by atoms with Crippen LogP contribution in [0.2, 0.25) is 0 Å². The van der Waals surface area contributed by atoms with Crippen LogP contribution in [0.5, 0.6) is 0 Å². The van der Waals surface area contributed by atoms with Gasteiger partial charge in [-0.25, -0.2) is 0 Å². The minimum atomic E-state index is -0.952. The number of carbonyl (C=O) groups excluding carboxylic acids is 1. The first-order valence-electron chi connectivity index (χ1n) is 6.77. The Morgan fingerprint density at radius 3 is 2.82 bits per heavy atom. The van der Waals surface area contributed by atoms with E-state index >= 15 is 0 Å². The molecule has 2 heterocycles. The third-order valence-corrected chi connectivity index (χ3v) is 4.37. The molecule has 3 aromatic rings. The van der Waals surface area contributed by atoms with Crippen molar-refractivity contribution in [3.8, 4) is 0 Å². The fourth-order valence-electron chi connectivity index (χ4n) is 2.14. The highest BCUT2D eigenvalue weighted by atomic mass is 32.1. The lowest BCUT2D eigenvalue weighted by Crippen LogP contribution is -2.28. The second-order valence-electron chi connectivity index (χ2n) is 4.84. The summed E-state index contributed by atoms with van der Waals surface area (Å²) in [6, 6.07) is 14.1. The molecular weight excluding hydrogens is 300 g/mol. The summed E-state index contributed by atoms with van der Waals surface area (Å²) in [4.78, 5) is 26.5. The molecule has 0 saturated heterocycles. The van der Waals surface area contributed by atoms with Crippen molar-refractivity contribution in [1.29, 1.82) is 0 Å². The molecule has 1 atom stereocenters. The maximum atomic E-state index is 12.1. The van der Waals surface area contributed by atoms with E-state index in [0.29, 0.717) is 10.6 Å². The Bertz CT molecular complexity index is 836. The molecule has 1 amide bonds. The number of aliphatic hydroxyl groups excluding tert-OH is 1. The summed E-state index contributed by atoms with van der Waals surface area (Å²) < 4.78 is 1.04. The average Bonchev–Trinajstić information content (AvgIpc) is 2.96. The molecule has 0 aliphatic carbocycles. The van der Waals surface area contributed by atoms with Crippen molar-refractivity contribution in [2.24, 2.45) is 0 Å². The number of amides is 1. The lowest BCUT2D eigenvalue weighted by molar-refractivity contribution is 0.0918. The maximum absolute atomic E-state index is 12.1. The van der Waals surface area contributed by atoms with Crippen LogP contribution in [0.4, 0.5) is 0 Å². The Labute approximate surface area is 130 Å².